The molecule has 5 heteroatoms. The highest BCUT2D eigenvalue weighted by molar-refractivity contribution is 6.51. The second-order valence-electron chi connectivity index (χ2n) is 8.83. The molecule has 2 N–H and O–H groups in total. The van der Waals surface area contributed by atoms with Crippen molar-refractivity contribution in [2.45, 2.75) is 39.7 Å². The molecule has 0 radical (unpaired) electrons. The number of hydrogen-bond acceptors (Lipinski definition) is 4. The number of aromatic hydroxyl groups is 1. The lowest BCUT2D eigenvalue weighted by Crippen LogP contribution is -2.29. The first kappa shape index (κ1) is 22.3. The maximum atomic E-state index is 13.3. The van der Waals surface area contributed by atoms with Crippen molar-refractivity contribution in [2.24, 2.45) is 0 Å². The van der Waals surface area contributed by atoms with Gasteiger partial charge in [-0.05, 0) is 66.8 Å². The molecular weight excluding hydrogens is 414 g/mol. The Bertz CT molecular complexity index is 1250. The van der Waals surface area contributed by atoms with Gasteiger partial charge in [0.25, 0.3) is 11.7 Å². The van der Waals surface area contributed by atoms with Gasteiger partial charge >= 0.3 is 0 Å². The molecule has 1 aliphatic heterocycles. The van der Waals surface area contributed by atoms with E-state index in [1.54, 1.807) is 12.1 Å². The second kappa shape index (κ2) is 8.58. The third-order valence-electron chi connectivity index (χ3n) is 6.14. The second-order valence-corrected chi connectivity index (χ2v) is 8.83. The number of anilines is 1. The first-order chi connectivity index (χ1) is 15.7. The summed E-state index contributed by atoms with van der Waals surface area (Å²) in [5.74, 6) is -1.23. The van der Waals surface area contributed by atoms with Crippen LogP contribution in [0.2, 0.25) is 0 Å². The van der Waals surface area contributed by atoms with Gasteiger partial charge in [0.1, 0.15) is 11.5 Å². The van der Waals surface area contributed by atoms with E-state index in [-0.39, 0.29) is 17.1 Å². The lowest BCUT2D eigenvalue weighted by molar-refractivity contribution is -0.132. The summed E-state index contributed by atoms with van der Waals surface area (Å²) in [6.07, 6.45) is 0. The Hall–Kier alpha value is -3.86. The zero-order chi connectivity index (χ0) is 23.9. The van der Waals surface area contributed by atoms with E-state index in [4.69, 9.17) is 0 Å². The van der Waals surface area contributed by atoms with Crippen LogP contribution in [0.1, 0.15) is 53.6 Å². The van der Waals surface area contributed by atoms with Gasteiger partial charge in [-0.2, -0.15) is 0 Å². The van der Waals surface area contributed by atoms with Crippen LogP contribution < -0.4 is 4.90 Å². The zero-order valence-corrected chi connectivity index (χ0v) is 19.2. The number of phenolic OH excluding ortho intramolecular Hbond substituents is 1. The predicted octanol–water partition coefficient (Wildman–Crippen LogP) is 5.76. The quantitative estimate of drug-likeness (QED) is 0.307. The van der Waals surface area contributed by atoms with Crippen LogP contribution in [-0.4, -0.2) is 21.9 Å². The molecule has 3 aromatic rings. The third-order valence-corrected chi connectivity index (χ3v) is 6.14. The predicted molar refractivity (Wildman–Crippen MR) is 129 cm³/mol. The van der Waals surface area contributed by atoms with Crippen LogP contribution >= 0.6 is 0 Å². The summed E-state index contributed by atoms with van der Waals surface area (Å²) in [4.78, 5) is 27.9. The first-order valence-corrected chi connectivity index (χ1v) is 11.0. The molecule has 0 aliphatic carbocycles. The van der Waals surface area contributed by atoms with Gasteiger partial charge in [0, 0.05) is 11.3 Å². The molecule has 3 aromatic carbocycles. The number of Topliss-reactive ketones (excluding diaryl/α,β-unsaturated/α-hetero) is 1. The Balaban J connectivity index is 1.94. The fourth-order valence-corrected chi connectivity index (χ4v) is 4.23. The molecule has 0 saturated carbocycles. The maximum Gasteiger partial charge on any atom is 0.300 e. The number of carbonyl (C=O) groups is 2. The number of nitrogens with zero attached hydrogens (tertiary/aromatic N) is 1. The molecule has 0 aromatic heterocycles. The van der Waals surface area contributed by atoms with Crippen molar-refractivity contribution in [1.29, 1.82) is 0 Å². The summed E-state index contributed by atoms with van der Waals surface area (Å²) in [5.41, 5.74) is 4.59. The summed E-state index contributed by atoms with van der Waals surface area (Å²) >= 11 is 0. The molecule has 5 nitrogen and oxygen atoms in total. The van der Waals surface area contributed by atoms with Crippen molar-refractivity contribution in [3.05, 3.63) is 100 Å². The molecule has 1 atom stereocenters. The molecule has 168 valence electrons. The number of rotatable bonds is 4. The van der Waals surface area contributed by atoms with Gasteiger partial charge in [-0.15, -0.1) is 0 Å². The maximum absolute atomic E-state index is 13.3. The number of aliphatic hydroxyl groups is 1. The van der Waals surface area contributed by atoms with Gasteiger partial charge in [0.2, 0.25) is 0 Å². The van der Waals surface area contributed by atoms with Gasteiger partial charge in [0.05, 0.1) is 11.6 Å². The molecular formula is C28H27NO4. The Kier molecular flexibility index (Phi) is 5.81. The van der Waals surface area contributed by atoms with Gasteiger partial charge < -0.3 is 10.2 Å². The van der Waals surface area contributed by atoms with Crippen molar-refractivity contribution < 1.29 is 19.8 Å². The number of amides is 1. The lowest BCUT2D eigenvalue weighted by atomic mass is 9.93. The SMILES string of the molecule is Cc1ccc(C)c(/C(O)=C2\C(=O)C(=O)N(c3ccc(C(C)C)cc3)C2c2ccc(O)cc2)c1. The highest BCUT2D eigenvalue weighted by Gasteiger charge is 2.47. The van der Waals surface area contributed by atoms with E-state index in [2.05, 4.69) is 13.8 Å². The molecule has 1 fully saturated rings. The van der Waals surface area contributed by atoms with Crippen LogP contribution in [0.4, 0.5) is 5.69 Å². The molecule has 0 spiro atoms. The molecule has 1 unspecified atom stereocenters. The van der Waals surface area contributed by atoms with E-state index < -0.39 is 17.7 Å². The summed E-state index contributed by atoms with van der Waals surface area (Å²) in [5, 5.41) is 21.1. The number of aliphatic hydroxyl groups excluding tert-OH is 1. The average molecular weight is 442 g/mol. The van der Waals surface area contributed by atoms with Crippen LogP contribution in [0.25, 0.3) is 5.76 Å². The van der Waals surface area contributed by atoms with Crippen LogP contribution in [-0.2, 0) is 9.59 Å². The summed E-state index contributed by atoms with van der Waals surface area (Å²) in [7, 11) is 0. The van der Waals surface area contributed by atoms with Gasteiger partial charge in [-0.25, -0.2) is 0 Å². The normalized spacial score (nSPS) is 17.7. The number of hydrogen-bond donors (Lipinski definition) is 2. The summed E-state index contributed by atoms with van der Waals surface area (Å²) in [6, 6.07) is 18.7. The molecule has 1 aliphatic rings. The van der Waals surface area contributed by atoms with E-state index in [9.17, 15) is 19.8 Å². The molecule has 1 heterocycles. The largest absolute Gasteiger partial charge is 0.508 e. The fourth-order valence-electron chi connectivity index (χ4n) is 4.23. The molecule has 0 bridgehead atoms. The molecule has 1 saturated heterocycles. The average Bonchev–Trinajstić information content (AvgIpc) is 3.06. The van der Waals surface area contributed by atoms with E-state index in [1.165, 1.54) is 17.0 Å². The Morgan fingerprint density at radius 1 is 0.909 bits per heavy atom. The highest BCUT2D eigenvalue weighted by Crippen LogP contribution is 2.43. The molecule has 4 rings (SSSR count). The standard InChI is InChI=1S/C28H27NO4/c1-16(2)19-7-11-21(12-8-19)29-25(20-9-13-22(30)14-10-20)24(27(32)28(29)33)26(31)23-15-17(3)5-6-18(23)4/h5-16,25,30-31H,1-4H3/b26-24+. The Morgan fingerprint density at radius 2 is 1.55 bits per heavy atom. The topological polar surface area (TPSA) is 77.8 Å². The van der Waals surface area contributed by atoms with Gasteiger partial charge in [-0.3, -0.25) is 14.5 Å². The number of carbonyl (C=O) groups excluding carboxylic acids is 2. The Morgan fingerprint density at radius 3 is 2.15 bits per heavy atom. The van der Waals surface area contributed by atoms with Crippen molar-refractivity contribution in [3.8, 4) is 5.75 Å². The van der Waals surface area contributed by atoms with Crippen molar-refractivity contribution in [3.63, 3.8) is 0 Å². The summed E-state index contributed by atoms with van der Waals surface area (Å²) < 4.78 is 0. The number of aryl methyl sites for hydroxylation is 2. The number of benzene rings is 3. The minimum absolute atomic E-state index is 0.0346. The third kappa shape index (κ3) is 4.02. The highest BCUT2D eigenvalue weighted by atomic mass is 16.3. The smallest absolute Gasteiger partial charge is 0.300 e. The van der Waals surface area contributed by atoms with E-state index in [1.807, 2.05) is 56.3 Å². The van der Waals surface area contributed by atoms with E-state index >= 15 is 0 Å². The van der Waals surface area contributed by atoms with E-state index in [0.717, 1.165) is 16.7 Å². The van der Waals surface area contributed by atoms with Crippen LogP contribution in [0, 0.1) is 13.8 Å². The number of phenols is 1. The fraction of sp³-hybridized carbons (Fsp3) is 0.214. The minimum atomic E-state index is -0.824. The monoisotopic (exact) mass is 441 g/mol. The minimum Gasteiger partial charge on any atom is -0.508 e. The zero-order valence-electron chi connectivity index (χ0n) is 19.2. The molecule has 33 heavy (non-hydrogen) atoms. The molecule has 1 amide bonds. The Labute approximate surface area is 193 Å². The van der Waals surface area contributed by atoms with Crippen LogP contribution in [0.15, 0.2) is 72.3 Å². The number of ketones is 1. The first-order valence-electron chi connectivity index (χ1n) is 11.0. The van der Waals surface area contributed by atoms with Gasteiger partial charge in [0.15, 0.2) is 0 Å². The van der Waals surface area contributed by atoms with Crippen molar-refractivity contribution in [2.75, 3.05) is 4.90 Å². The van der Waals surface area contributed by atoms with Crippen LogP contribution in [0.5, 0.6) is 5.75 Å². The van der Waals surface area contributed by atoms with E-state index in [0.29, 0.717) is 22.7 Å². The van der Waals surface area contributed by atoms with Crippen molar-refractivity contribution in [1.82, 2.24) is 0 Å². The summed E-state index contributed by atoms with van der Waals surface area (Å²) in [6.45, 7) is 7.93. The van der Waals surface area contributed by atoms with Crippen LogP contribution in [0.3, 0.4) is 0 Å². The lowest BCUT2D eigenvalue weighted by Gasteiger charge is -2.26. The van der Waals surface area contributed by atoms with Gasteiger partial charge in [-0.1, -0.05) is 55.8 Å². The van der Waals surface area contributed by atoms with Crippen molar-refractivity contribution >= 4 is 23.1 Å².